The first-order valence-electron chi connectivity index (χ1n) is 6.73. The maximum atomic E-state index is 10.7. The Balaban J connectivity index is 2.25. The number of aliphatic hydroxyl groups is 1. The fourth-order valence-electron chi connectivity index (χ4n) is 2.24. The minimum Gasteiger partial charge on any atom is -0.481 e. The summed E-state index contributed by atoms with van der Waals surface area (Å²) >= 11 is 6.32. The fraction of sp³-hybridized carbons (Fsp3) is 0.235. The third kappa shape index (κ3) is 3.84. The Hall–Kier alpha value is -1.84. The van der Waals surface area contributed by atoms with E-state index in [-0.39, 0.29) is 12.3 Å². The van der Waals surface area contributed by atoms with Crippen molar-refractivity contribution in [2.75, 3.05) is 0 Å². The van der Waals surface area contributed by atoms with Crippen molar-refractivity contribution >= 4 is 17.6 Å². The number of carbonyl (C=O) groups is 1. The standard InChI is InChI=1S/C17H17ClO3/c1-11(16(19)10-17(20)21)13-7-8-14(15(18)9-13)12-5-3-2-4-6-12/h2-9,11,16,19H,10H2,1H3,(H,20,21). The van der Waals surface area contributed by atoms with Crippen LogP contribution in [0.2, 0.25) is 5.02 Å². The molecule has 0 amide bonds. The molecule has 3 nitrogen and oxygen atoms in total. The van der Waals surface area contributed by atoms with Crippen LogP contribution in [-0.4, -0.2) is 22.3 Å². The molecule has 0 saturated carbocycles. The summed E-state index contributed by atoms with van der Waals surface area (Å²) < 4.78 is 0. The number of carboxylic acid groups (broad SMARTS) is 1. The van der Waals surface area contributed by atoms with Crippen molar-refractivity contribution in [2.45, 2.75) is 25.4 Å². The third-order valence-electron chi connectivity index (χ3n) is 3.56. The largest absolute Gasteiger partial charge is 0.481 e. The van der Waals surface area contributed by atoms with Gasteiger partial charge in [-0.05, 0) is 17.2 Å². The number of hydrogen-bond acceptors (Lipinski definition) is 2. The molecule has 0 aliphatic heterocycles. The summed E-state index contributed by atoms with van der Waals surface area (Å²) in [6.45, 7) is 1.79. The highest BCUT2D eigenvalue weighted by atomic mass is 35.5. The predicted molar refractivity (Wildman–Crippen MR) is 83.6 cm³/mol. The Morgan fingerprint density at radius 2 is 1.86 bits per heavy atom. The number of halogens is 1. The van der Waals surface area contributed by atoms with Crippen LogP contribution in [0.1, 0.15) is 24.8 Å². The van der Waals surface area contributed by atoms with Gasteiger partial charge in [-0.3, -0.25) is 4.79 Å². The second-order valence-electron chi connectivity index (χ2n) is 5.06. The molecule has 0 spiro atoms. The van der Waals surface area contributed by atoms with E-state index in [2.05, 4.69) is 0 Å². The second kappa shape index (κ2) is 6.74. The Morgan fingerprint density at radius 1 is 1.19 bits per heavy atom. The zero-order chi connectivity index (χ0) is 15.4. The van der Waals surface area contributed by atoms with Crippen LogP contribution in [0.3, 0.4) is 0 Å². The van der Waals surface area contributed by atoms with E-state index in [4.69, 9.17) is 16.7 Å². The first-order chi connectivity index (χ1) is 9.99. The zero-order valence-electron chi connectivity index (χ0n) is 11.7. The van der Waals surface area contributed by atoms with E-state index in [9.17, 15) is 9.90 Å². The predicted octanol–water partition coefficient (Wildman–Crippen LogP) is 3.95. The Morgan fingerprint density at radius 3 is 2.43 bits per heavy atom. The van der Waals surface area contributed by atoms with Crippen molar-refractivity contribution in [1.82, 2.24) is 0 Å². The van der Waals surface area contributed by atoms with Gasteiger partial charge in [0.1, 0.15) is 0 Å². The fourth-order valence-corrected chi connectivity index (χ4v) is 2.54. The number of rotatable bonds is 5. The molecule has 0 fully saturated rings. The zero-order valence-corrected chi connectivity index (χ0v) is 12.4. The molecule has 2 aromatic carbocycles. The molecular formula is C17H17ClO3. The molecule has 0 radical (unpaired) electrons. The molecule has 0 heterocycles. The topological polar surface area (TPSA) is 57.5 Å². The summed E-state index contributed by atoms with van der Waals surface area (Å²) in [6, 6.07) is 15.3. The van der Waals surface area contributed by atoms with E-state index in [0.29, 0.717) is 5.02 Å². The van der Waals surface area contributed by atoms with Crippen LogP contribution in [0, 0.1) is 0 Å². The highest BCUT2D eigenvalue weighted by molar-refractivity contribution is 6.33. The van der Waals surface area contributed by atoms with Crippen LogP contribution in [-0.2, 0) is 4.79 Å². The van der Waals surface area contributed by atoms with Gasteiger partial charge in [-0.2, -0.15) is 0 Å². The van der Waals surface area contributed by atoms with Crippen LogP contribution < -0.4 is 0 Å². The third-order valence-corrected chi connectivity index (χ3v) is 3.88. The van der Waals surface area contributed by atoms with Crippen molar-refractivity contribution in [3.05, 3.63) is 59.1 Å². The van der Waals surface area contributed by atoms with Crippen molar-refractivity contribution in [1.29, 1.82) is 0 Å². The Kier molecular flexibility index (Phi) is 4.99. The second-order valence-corrected chi connectivity index (χ2v) is 5.47. The van der Waals surface area contributed by atoms with E-state index in [1.165, 1.54) is 0 Å². The number of hydrogen-bond donors (Lipinski definition) is 2. The lowest BCUT2D eigenvalue weighted by atomic mass is 9.92. The summed E-state index contributed by atoms with van der Waals surface area (Å²) in [5.74, 6) is -1.30. The molecule has 110 valence electrons. The molecule has 0 bridgehead atoms. The number of aliphatic carboxylic acids is 1. The average Bonchev–Trinajstić information content (AvgIpc) is 2.46. The smallest absolute Gasteiger partial charge is 0.305 e. The molecular weight excluding hydrogens is 288 g/mol. The van der Waals surface area contributed by atoms with Crippen molar-refractivity contribution < 1.29 is 15.0 Å². The van der Waals surface area contributed by atoms with Gasteiger partial charge >= 0.3 is 5.97 Å². The summed E-state index contributed by atoms with van der Waals surface area (Å²) in [4.78, 5) is 10.7. The monoisotopic (exact) mass is 304 g/mol. The molecule has 2 rings (SSSR count). The van der Waals surface area contributed by atoms with E-state index in [1.54, 1.807) is 13.0 Å². The molecule has 4 heteroatoms. The van der Waals surface area contributed by atoms with Gasteiger partial charge in [-0.1, -0.05) is 61.0 Å². The van der Waals surface area contributed by atoms with Crippen molar-refractivity contribution in [3.8, 4) is 11.1 Å². The van der Waals surface area contributed by atoms with Gasteiger partial charge in [0.05, 0.1) is 12.5 Å². The van der Waals surface area contributed by atoms with E-state index in [1.807, 2.05) is 42.5 Å². The lowest BCUT2D eigenvalue weighted by Gasteiger charge is -2.18. The number of benzene rings is 2. The van der Waals surface area contributed by atoms with Crippen molar-refractivity contribution in [2.24, 2.45) is 0 Å². The number of aliphatic hydroxyl groups excluding tert-OH is 1. The van der Waals surface area contributed by atoms with Crippen LogP contribution in [0.25, 0.3) is 11.1 Å². The van der Waals surface area contributed by atoms with E-state index in [0.717, 1.165) is 16.7 Å². The van der Waals surface area contributed by atoms with Gasteiger partial charge in [0, 0.05) is 16.5 Å². The highest BCUT2D eigenvalue weighted by Gasteiger charge is 2.20. The number of carboxylic acids is 1. The van der Waals surface area contributed by atoms with Crippen molar-refractivity contribution in [3.63, 3.8) is 0 Å². The van der Waals surface area contributed by atoms with Gasteiger partial charge in [-0.15, -0.1) is 0 Å². The maximum Gasteiger partial charge on any atom is 0.305 e. The lowest BCUT2D eigenvalue weighted by molar-refractivity contribution is -0.139. The first kappa shape index (κ1) is 15.5. The average molecular weight is 305 g/mol. The molecule has 2 aromatic rings. The van der Waals surface area contributed by atoms with Gasteiger partial charge in [0.25, 0.3) is 0 Å². The first-order valence-corrected chi connectivity index (χ1v) is 7.11. The lowest BCUT2D eigenvalue weighted by Crippen LogP contribution is -2.19. The van der Waals surface area contributed by atoms with Gasteiger partial charge in [-0.25, -0.2) is 0 Å². The van der Waals surface area contributed by atoms with Gasteiger partial charge in [0.2, 0.25) is 0 Å². The van der Waals surface area contributed by atoms with Crippen LogP contribution in [0.5, 0.6) is 0 Å². The van der Waals surface area contributed by atoms with Gasteiger partial charge in [0.15, 0.2) is 0 Å². The highest BCUT2D eigenvalue weighted by Crippen LogP contribution is 2.32. The Bertz CT molecular complexity index is 625. The summed E-state index contributed by atoms with van der Waals surface area (Å²) in [5, 5.41) is 19.2. The SMILES string of the molecule is CC(c1ccc(-c2ccccc2)c(Cl)c1)C(O)CC(=O)O. The summed E-state index contributed by atoms with van der Waals surface area (Å²) in [5.41, 5.74) is 2.77. The molecule has 2 unspecified atom stereocenters. The molecule has 2 N–H and O–H groups in total. The molecule has 0 aliphatic rings. The summed E-state index contributed by atoms with van der Waals surface area (Å²) in [7, 11) is 0. The molecule has 0 aliphatic carbocycles. The summed E-state index contributed by atoms with van der Waals surface area (Å²) in [6.07, 6.45) is -1.21. The molecule has 0 aromatic heterocycles. The van der Waals surface area contributed by atoms with Crippen LogP contribution in [0.15, 0.2) is 48.5 Å². The quantitative estimate of drug-likeness (QED) is 0.879. The van der Waals surface area contributed by atoms with E-state index >= 15 is 0 Å². The molecule has 21 heavy (non-hydrogen) atoms. The minimum absolute atomic E-state index is 0.279. The van der Waals surface area contributed by atoms with E-state index < -0.39 is 12.1 Å². The molecule has 2 atom stereocenters. The normalized spacial score (nSPS) is 13.7. The van der Waals surface area contributed by atoms with Gasteiger partial charge < -0.3 is 10.2 Å². The maximum absolute atomic E-state index is 10.7. The van der Waals surface area contributed by atoms with Crippen LogP contribution in [0.4, 0.5) is 0 Å². The minimum atomic E-state index is -1.01. The molecule has 0 saturated heterocycles. The van der Waals surface area contributed by atoms with Crippen LogP contribution >= 0.6 is 11.6 Å². The Labute approximate surface area is 128 Å².